The van der Waals surface area contributed by atoms with Crippen molar-refractivity contribution in [2.75, 3.05) is 5.32 Å². The minimum absolute atomic E-state index is 0.0934. The number of hydrogen-bond donors (Lipinski definition) is 2. The van der Waals surface area contributed by atoms with Crippen LogP contribution in [0.5, 0.6) is 0 Å². The third-order valence-corrected chi connectivity index (χ3v) is 5.87. The summed E-state index contributed by atoms with van der Waals surface area (Å²) in [5, 5.41) is 6.67. The third-order valence-electron chi connectivity index (χ3n) is 5.62. The molecule has 4 rings (SSSR count). The van der Waals surface area contributed by atoms with Gasteiger partial charge in [0.15, 0.2) is 0 Å². The van der Waals surface area contributed by atoms with Gasteiger partial charge < -0.3 is 15.2 Å². The zero-order chi connectivity index (χ0) is 22.0. The summed E-state index contributed by atoms with van der Waals surface area (Å²) in [6.45, 7) is 7.57. The predicted molar refractivity (Wildman–Crippen MR) is 128 cm³/mol. The van der Waals surface area contributed by atoms with E-state index in [-0.39, 0.29) is 11.4 Å². The number of halogens is 1. The molecular formula is C26H28ClN3O. The van der Waals surface area contributed by atoms with Crippen LogP contribution in [0.4, 0.5) is 10.5 Å². The third kappa shape index (κ3) is 4.86. The van der Waals surface area contributed by atoms with Gasteiger partial charge in [-0.15, -0.1) is 0 Å². The summed E-state index contributed by atoms with van der Waals surface area (Å²) in [4.78, 5) is 12.8. The number of amides is 2. The van der Waals surface area contributed by atoms with Crippen LogP contribution in [-0.4, -0.2) is 10.6 Å². The lowest BCUT2D eigenvalue weighted by atomic mass is 9.86. The van der Waals surface area contributed by atoms with Crippen molar-refractivity contribution >= 4 is 28.9 Å². The number of benzene rings is 2. The first kappa shape index (κ1) is 21.3. The van der Waals surface area contributed by atoms with E-state index in [1.54, 1.807) is 24.3 Å². The average Bonchev–Trinajstić information content (AvgIpc) is 3.11. The van der Waals surface area contributed by atoms with E-state index >= 15 is 0 Å². The Morgan fingerprint density at radius 3 is 2.35 bits per heavy atom. The molecule has 2 heterocycles. The second-order valence-corrected chi connectivity index (χ2v) is 9.39. The summed E-state index contributed by atoms with van der Waals surface area (Å²) in [5.41, 5.74) is 6.34. The lowest BCUT2D eigenvalue weighted by Crippen LogP contribution is -2.29. The van der Waals surface area contributed by atoms with Crippen molar-refractivity contribution in [3.8, 4) is 0 Å². The Hall–Kier alpha value is -2.98. The number of fused-ring (bicyclic) bond motifs is 1. The summed E-state index contributed by atoms with van der Waals surface area (Å²) in [6.07, 6.45) is 3.86. The molecule has 31 heavy (non-hydrogen) atoms. The Balaban J connectivity index is 1.69. The van der Waals surface area contributed by atoms with Crippen LogP contribution in [0.1, 0.15) is 50.4 Å². The molecule has 0 spiro atoms. The van der Waals surface area contributed by atoms with E-state index in [0.29, 0.717) is 10.7 Å². The summed E-state index contributed by atoms with van der Waals surface area (Å²) in [6, 6.07) is 19.7. The maximum atomic E-state index is 12.8. The van der Waals surface area contributed by atoms with Gasteiger partial charge >= 0.3 is 6.03 Å². The van der Waals surface area contributed by atoms with E-state index in [1.807, 2.05) is 0 Å². The van der Waals surface area contributed by atoms with Gasteiger partial charge in [0.1, 0.15) is 0 Å². The number of urea groups is 1. The lowest BCUT2D eigenvalue weighted by Gasteiger charge is -2.20. The monoisotopic (exact) mass is 433 g/mol. The first-order valence-electron chi connectivity index (χ1n) is 10.6. The molecule has 0 radical (unpaired) electrons. The molecule has 2 aromatic carbocycles. The van der Waals surface area contributed by atoms with Crippen LogP contribution in [0.25, 0.3) is 5.57 Å². The van der Waals surface area contributed by atoms with Gasteiger partial charge in [-0.05, 0) is 65.8 Å². The molecule has 0 bridgehead atoms. The summed E-state index contributed by atoms with van der Waals surface area (Å²) in [5.74, 6) is 0. The molecular weight excluding hydrogens is 406 g/mol. The van der Waals surface area contributed by atoms with Gasteiger partial charge in [-0.3, -0.25) is 0 Å². The topological polar surface area (TPSA) is 46.1 Å². The Kier molecular flexibility index (Phi) is 5.92. The highest BCUT2D eigenvalue weighted by Gasteiger charge is 2.21. The van der Waals surface area contributed by atoms with Crippen LogP contribution in [0.3, 0.4) is 0 Å². The first-order valence-corrected chi connectivity index (χ1v) is 11.0. The molecule has 5 heteroatoms. The molecule has 0 aliphatic carbocycles. The number of rotatable bonds is 3. The number of aryl methyl sites for hydroxylation is 1. The van der Waals surface area contributed by atoms with Crippen LogP contribution in [0.2, 0.25) is 5.02 Å². The Bertz CT molecular complexity index is 1100. The highest BCUT2D eigenvalue weighted by molar-refractivity contribution is 6.30. The van der Waals surface area contributed by atoms with Gasteiger partial charge in [-0.1, -0.05) is 56.6 Å². The number of allylic oxidation sites excluding steroid dienone is 1. The second-order valence-electron chi connectivity index (χ2n) is 8.96. The summed E-state index contributed by atoms with van der Waals surface area (Å²) in [7, 11) is 0. The molecule has 0 unspecified atom stereocenters. The van der Waals surface area contributed by atoms with Gasteiger partial charge in [0, 0.05) is 34.7 Å². The van der Waals surface area contributed by atoms with E-state index < -0.39 is 0 Å². The number of aromatic nitrogens is 1. The maximum absolute atomic E-state index is 12.8. The molecule has 0 fully saturated rings. The highest BCUT2D eigenvalue weighted by atomic mass is 35.5. The van der Waals surface area contributed by atoms with Gasteiger partial charge in [-0.25, -0.2) is 4.79 Å². The van der Waals surface area contributed by atoms with E-state index in [9.17, 15) is 4.79 Å². The molecule has 3 aromatic rings. The SMILES string of the molecule is CC(C)(C)c1ccc(C2=C(NC(=O)Nc3ccc(Cl)cc3)CCCn3cccc32)cc1. The smallest absolute Gasteiger partial charge is 0.323 e. The quantitative estimate of drug-likeness (QED) is 0.468. The van der Waals surface area contributed by atoms with Gasteiger partial charge in [0.25, 0.3) is 0 Å². The van der Waals surface area contributed by atoms with Crippen molar-refractivity contribution in [3.63, 3.8) is 0 Å². The standard InChI is InChI=1S/C26H28ClN3O/c1-26(2,3)19-10-8-18(9-11-19)24-22(6-4-16-30-17-5-7-23(24)30)29-25(31)28-21-14-12-20(27)13-15-21/h5,7-15,17H,4,6,16H2,1-3H3,(H2,28,29,31). The zero-order valence-corrected chi connectivity index (χ0v) is 19.0. The fourth-order valence-electron chi connectivity index (χ4n) is 3.96. The molecule has 1 aromatic heterocycles. The van der Waals surface area contributed by atoms with Crippen LogP contribution < -0.4 is 10.6 Å². The first-order chi connectivity index (χ1) is 14.8. The van der Waals surface area contributed by atoms with Crippen molar-refractivity contribution in [1.29, 1.82) is 0 Å². The number of carbonyl (C=O) groups is 1. The fourth-order valence-corrected chi connectivity index (χ4v) is 4.08. The maximum Gasteiger partial charge on any atom is 0.323 e. The van der Waals surface area contributed by atoms with Crippen LogP contribution >= 0.6 is 11.6 Å². The molecule has 0 atom stereocenters. The Morgan fingerprint density at radius 1 is 0.968 bits per heavy atom. The summed E-state index contributed by atoms with van der Waals surface area (Å²) < 4.78 is 2.26. The summed E-state index contributed by atoms with van der Waals surface area (Å²) >= 11 is 5.95. The van der Waals surface area contributed by atoms with Crippen LogP contribution in [0.15, 0.2) is 72.6 Å². The second kappa shape index (κ2) is 8.64. The van der Waals surface area contributed by atoms with Gasteiger partial charge in [-0.2, -0.15) is 0 Å². The molecule has 0 saturated carbocycles. The molecule has 2 N–H and O–H groups in total. The molecule has 160 valence electrons. The molecule has 0 saturated heterocycles. The van der Waals surface area contributed by atoms with E-state index in [2.05, 4.69) is 78.6 Å². The minimum atomic E-state index is -0.249. The average molecular weight is 434 g/mol. The van der Waals surface area contributed by atoms with Crippen molar-refractivity contribution < 1.29 is 4.79 Å². The zero-order valence-electron chi connectivity index (χ0n) is 18.2. The van der Waals surface area contributed by atoms with Crippen molar-refractivity contribution in [2.24, 2.45) is 0 Å². The van der Waals surface area contributed by atoms with E-state index in [1.165, 1.54) is 5.56 Å². The molecule has 1 aliphatic rings. The van der Waals surface area contributed by atoms with E-state index in [0.717, 1.165) is 41.9 Å². The number of carbonyl (C=O) groups excluding carboxylic acids is 1. The Morgan fingerprint density at radius 2 is 1.68 bits per heavy atom. The number of hydrogen-bond acceptors (Lipinski definition) is 1. The van der Waals surface area contributed by atoms with E-state index in [4.69, 9.17) is 11.6 Å². The molecule has 2 amide bonds. The van der Waals surface area contributed by atoms with Crippen LogP contribution in [0, 0.1) is 0 Å². The number of nitrogens with one attached hydrogen (secondary N) is 2. The van der Waals surface area contributed by atoms with Crippen LogP contribution in [-0.2, 0) is 12.0 Å². The van der Waals surface area contributed by atoms with Crippen molar-refractivity contribution in [1.82, 2.24) is 9.88 Å². The number of nitrogens with zero attached hydrogens (tertiary/aromatic N) is 1. The van der Waals surface area contributed by atoms with Crippen molar-refractivity contribution in [2.45, 2.75) is 45.6 Å². The van der Waals surface area contributed by atoms with Crippen molar-refractivity contribution in [3.05, 3.63) is 94.4 Å². The van der Waals surface area contributed by atoms with Gasteiger partial charge in [0.2, 0.25) is 0 Å². The highest BCUT2D eigenvalue weighted by Crippen LogP contribution is 2.33. The molecule has 1 aliphatic heterocycles. The predicted octanol–water partition coefficient (Wildman–Crippen LogP) is 6.81. The Labute approximate surface area is 188 Å². The minimum Gasteiger partial charge on any atom is -0.347 e. The fraction of sp³-hybridized carbons (Fsp3) is 0.269. The van der Waals surface area contributed by atoms with Gasteiger partial charge in [0.05, 0.1) is 5.69 Å². The molecule has 4 nitrogen and oxygen atoms in total. The normalized spacial score (nSPS) is 14.1. The lowest BCUT2D eigenvalue weighted by molar-refractivity contribution is 0.254. The number of anilines is 1. The largest absolute Gasteiger partial charge is 0.347 e.